The minimum Gasteiger partial charge on any atom is -0.494 e. The van der Waals surface area contributed by atoms with Crippen LogP contribution in [0.25, 0.3) is 0 Å². The van der Waals surface area contributed by atoms with E-state index in [-0.39, 0.29) is 31.9 Å². The van der Waals surface area contributed by atoms with Crippen LogP contribution in [0.15, 0.2) is 14.6 Å². The summed E-state index contributed by atoms with van der Waals surface area (Å²) in [5, 5.41) is 10.00. The Labute approximate surface area is 183 Å². The van der Waals surface area contributed by atoms with Crippen LogP contribution in [0.3, 0.4) is 0 Å². The fourth-order valence-corrected chi connectivity index (χ4v) is 2.48. The number of hydrogen-bond donors (Lipinski definition) is 1. The monoisotopic (exact) mass is 457 g/mol. The van der Waals surface area contributed by atoms with Crippen LogP contribution in [0.2, 0.25) is 0 Å². The van der Waals surface area contributed by atoms with Gasteiger partial charge in [0.15, 0.2) is 6.10 Å². The minimum atomic E-state index is -1.04. The summed E-state index contributed by atoms with van der Waals surface area (Å²) < 4.78 is 22.2. The summed E-state index contributed by atoms with van der Waals surface area (Å²) in [4.78, 5) is 61.5. The van der Waals surface area contributed by atoms with Gasteiger partial charge in [0.05, 0.1) is 13.2 Å². The van der Waals surface area contributed by atoms with Gasteiger partial charge in [0, 0.05) is 41.1 Å². The first-order chi connectivity index (χ1) is 15.0. The highest BCUT2D eigenvalue weighted by molar-refractivity contribution is 5.81. The highest BCUT2D eigenvalue weighted by Gasteiger charge is 2.28. The van der Waals surface area contributed by atoms with Crippen LogP contribution in [0, 0.1) is 0 Å². The van der Waals surface area contributed by atoms with Gasteiger partial charge < -0.3 is 24.1 Å². The Hall–Kier alpha value is -3.48. The van der Waals surface area contributed by atoms with Gasteiger partial charge in [-0.3, -0.25) is 33.3 Å². The van der Waals surface area contributed by atoms with Crippen molar-refractivity contribution < 1.29 is 38.4 Å². The maximum Gasteiger partial charge on any atom is 0.333 e. The number of carbonyl (C=O) groups excluding carboxylic acids is 3. The van der Waals surface area contributed by atoms with Gasteiger partial charge in [-0.2, -0.15) is 0 Å². The second-order valence-corrected chi connectivity index (χ2v) is 6.64. The molecule has 0 saturated heterocycles. The maximum absolute atomic E-state index is 12.1. The molecule has 1 heterocycles. The summed E-state index contributed by atoms with van der Waals surface area (Å²) in [5.74, 6) is -2.38. The van der Waals surface area contributed by atoms with E-state index in [2.05, 4.69) is 4.99 Å². The lowest BCUT2D eigenvalue weighted by atomic mass is 10.2. The van der Waals surface area contributed by atoms with Crippen molar-refractivity contribution in [2.45, 2.75) is 33.0 Å². The van der Waals surface area contributed by atoms with Crippen molar-refractivity contribution in [1.82, 2.24) is 9.13 Å². The van der Waals surface area contributed by atoms with Crippen molar-refractivity contribution >= 4 is 24.1 Å². The number of rotatable bonds is 11. The molecule has 32 heavy (non-hydrogen) atoms. The highest BCUT2D eigenvalue weighted by Crippen LogP contribution is 2.09. The summed E-state index contributed by atoms with van der Waals surface area (Å²) in [7, 11) is 2.57. The lowest BCUT2D eigenvalue weighted by molar-refractivity contribution is -0.172. The summed E-state index contributed by atoms with van der Waals surface area (Å²) >= 11 is 0. The topological polar surface area (TPSA) is 165 Å². The number of aromatic nitrogens is 2. The standard InChI is InChI=1S/C19H27N3O10/c1-11(23)30-9-15(16(32-13(3)25)10-31-12(2)24)29-7-6-20-8-14-17(26)21(4)19(28)22(5)18(14)27/h8,15-16,26H,6-7,9-10H2,1-5H3/t15?,16-/m0/s1. The molecule has 0 aromatic carbocycles. The number of ether oxygens (including phenoxy) is 4. The second kappa shape index (κ2) is 12.4. The van der Waals surface area contributed by atoms with Crippen LogP contribution in [0.1, 0.15) is 26.3 Å². The third-order valence-electron chi connectivity index (χ3n) is 4.07. The quantitative estimate of drug-likeness (QED) is 0.182. The lowest BCUT2D eigenvalue weighted by Gasteiger charge is -2.26. The van der Waals surface area contributed by atoms with E-state index in [0.717, 1.165) is 22.3 Å². The largest absolute Gasteiger partial charge is 0.494 e. The Morgan fingerprint density at radius 3 is 2.06 bits per heavy atom. The molecule has 0 fully saturated rings. The molecule has 0 aliphatic heterocycles. The first-order valence-electron chi connectivity index (χ1n) is 9.50. The van der Waals surface area contributed by atoms with Crippen molar-refractivity contribution in [2.75, 3.05) is 26.4 Å². The summed E-state index contributed by atoms with van der Waals surface area (Å²) in [5.41, 5.74) is -1.59. The molecule has 13 heteroatoms. The normalized spacial score (nSPS) is 12.9. The zero-order chi connectivity index (χ0) is 24.4. The average molecular weight is 457 g/mol. The fourth-order valence-electron chi connectivity index (χ4n) is 2.48. The van der Waals surface area contributed by atoms with E-state index in [1.165, 1.54) is 27.9 Å². The predicted molar refractivity (Wildman–Crippen MR) is 110 cm³/mol. The molecule has 0 spiro atoms. The third kappa shape index (κ3) is 7.98. The van der Waals surface area contributed by atoms with Crippen molar-refractivity contribution in [1.29, 1.82) is 0 Å². The van der Waals surface area contributed by atoms with E-state index in [4.69, 9.17) is 18.9 Å². The number of esters is 3. The first-order valence-corrected chi connectivity index (χ1v) is 9.50. The maximum atomic E-state index is 12.1. The predicted octanol–water partition coefficient (Wildman–Crippen LogP) is -1.35. The van der Waals surface area contributed by atoms with Gasteiger partial charge in [-0.15, -0.1) is 0 Å². The van der Waals surface area contributed by atoms with Crippen LogP contribution < -0.4 is 11.2 Å². The van der Waals surface area contributed by atoms with Crippen LogP contribution in [-0.2, 0) is 47.4 Å². The van der Waals surface area contributed by atoms with Crippen LogP contribution in [-0.4, -0.2) is 76.9 Å². The number of carbonyl (C=O) groups is 3. The molecule has 0 aliphatic carbocycles. The van der Waals surface area contributed by atoms with E-state index in [1.54, 1.807) is 0 Å². The van der Waals surface area contributed by atoms with E-state index >= 15 is 0 Å². The molecular formula is C19H27N3O10. The van der Waals surface area contributed by atoms with Gasteiger partial charge >= 0.3 is 23.6 Å². The van der Waals surface area contributed by atoms with Gasteiger partial charge in [0.25, 0.3) is 5.56 Å². The lowest BCUT2D eigenvalue weighted by Crippen LogP contribution is -2.41. The van der Waals surface area contributed by atoms with Gasteiger partial charge in [0.2, 0.25) is 5.88 Å². The van der Waals surface area contributed by atoms with Crippen molar-refractivity contribution in [3.8, 4) is 5.88 Å². The van der Waals surface area contributed by atoms with E-state index in [9.17, 15) is 29.1 Å². The number of nitrogens with zero attached hydrogens (tertiary/aromatic N) is 3. The van der Waals surface area contributed by atoms with Crippen molar-refractivity contribution in [3.63, 3.8) is 0 Å². The van der Waals surface area contributed by atoms with Gasteiger partial charge in [-0.05, 0) is 0 Å². The van der Waals surface area contributed by atoms with Gasteiger partial charge in [0.1, 0.15) is 24.9 Å². The molecule has 2 atom stereocenters. The molecular weight excluding hydrogens is 430 g/mol. The van der Waals surface area contributed by atoms with Crippen LogP contribution in [0.5, 0.6) is 5.88 Å². The number of aliphatic imine (C=N–C) groups is 1. The van der Waals surface area contributed by atoms with E-state index < -0.39 is 47.2 Å². The molecule has 13 nitrogen and oxygen atoms in total. The average Bonchev–Trinajstić information content (AvgIpc) is 2.71. The molecule has 1 unspecified atom stereocenters. The SMILES string of the molecule is CC(=O)OCC(OCCN=Cc1c(O)n(C)c(=O)n(C)c1=O)[C@H](COC(C)=O)OC(C)=O. The molecule has 1 aromatic heterocycles. The Morgan fingerprint density at radius 1 is 0.969 bits per heavy atom. The Morgan fingerprint density at radius 2 is 1.53 bits per heavy atom. The molecule has 0 saturated carbocycles. The number of aromatic hydroxyl groups is 1. The first kappa shape index (κ1) is 26.6. The smallest absolute Gasteiger partial charge is 0.333 e. The van der Waals surface area contributed by atoms with Gasteiger partial charge in [-0.1, -0.05) is 0 Å². The summed E-state index contributed by atoms with van der Waals surface area (Å²) in [6, 6.07) is 0. The molecule has 0 radical (unpaired) electrons. The molecule has 1 aromatic rings. The van der Waals surface area contributed by atoms with Crippen LogP contribution in [0.4, 0.5) is 0 Å². The Bertz CT molecular complexity index is 979. The van der Waals surface area contributed by atoms with Crippen molar-refractivity contribution in [3.05, 3.63) is 26.4 Å². The van der Waals surface area contributed by atoms with E-state index in [0.29, 0.717) is 0 Å². The zero-order valence-corrected chi connectivity index (χ0v) is 18.5. The highest BCUT2D eigenvalue weighted by atomic mass is 16.6. The molecule has 1 rings (SSSR count). The molecule has 0 aliphatic rings. The molecule has 0 amide bonds. The third-order valence-corrected chi connectivity index (χ3v) is 4.07. The van der Waals surface area contributed by atoms with Crippen LogP contribution >= 0.6 is 0 Å². The summed E-state index contributed by atoms with van der Waals surface area (Å²) in [6.45, 7) is 2.88. The van der Waals surface area contributed by atoms with Gasteiger partial charge in [-0.25, -0.2) is 4.79 Å². The molecule has 1 N–H and O–H groups in total. The summed E-state index contributed by atoms with van der Waals surface area (Å²) in [6.07, 6.45) is -0.903. The Kier molecular flexibility index (Phi) is 10.3. The van der Waals surface area contributed by atoms with E-state index in [1.807, 2.05) is 0 Å². The fraction of sp³-hybridized carbons (Fsp3) is 0.579. The zero-order valence-electron chi connectivity index (χ0n) is 18.5. The second-order valence-electron chi connectivity index (χ2n) is 6.64. The molecule has 178 valence electrons. The minimum absolute atomic E-state index is 0.00234. The number of hydrogen-bond acceptors (Lipinski definition) is 11. The Balaban J connectivity index is 2.88. The molecule has 0 bridgehead atoms. The van der Waals surface area contributed by atoms with Crippen molar-refractivity contribution in [2.24, 2.45) is 19.1 Å².